The Hall–Kier alpha value is -1.92. The molecule has 0 aliphatic heterocycles. The highest BCUT2D eigenvalue weighted by atomic mass is 16.3. The van der Waals surface area contributed by atoms with Gasteiger partial charge >= 0.3 is 0 Å². The van der Waals surface area contributed by atoms with Crippen molar-refractivity contribution < 1.29 is 14.7 Å². The number of hydrogen-bond donors (Lipinski definition) is 3. The standard InChI is InChI=1S/C12H17N3O3/c1-2-6-15(7-8-16)9-11(17)14-12(18)10-4-3-5-13-10/h2-5,13,16H,1,6-9H2,(H,14,17,18). The van der Waals surface area contributed by atoms with Crippen LogP contribution in [0.4, 0.5) is 0 Å². The fraction of sp³-hybridized carbons (Fsp3) is 0.333. The van der Waals surface area contributed by atoms with E-state index in [-0.39, 0.29) is 13.2 Å². The van der Waals surface area contributed by atoms with Gasteiger partial charge in [-0.2, -0.15) is 0 Å². The number of carbonyl (C=O) groups is 2. The van der Waals surface area contributed by atoms with Crippen LogP contribution in [0, 0.1) is 0 Å². The van der Waals surface area contributed by atoms with Crippen molar-refractivity contribution in [3.8, 4) is 0 Å². The minimum Gasteiger partial charge on any atom is -0.395 e. The number of hydrogen-bond acceptors (Lipinski definition) is 4. The third kappa shape index (κ3) is 4.52. The van der Waals surface area contributed by atoms with Crippen LogP contribution in [0.1, 0.15) is 10.5 Å². The number of rotatable bonds is 7. The molecule has 3 N–H and O–H groups in total. The summed E-state index contributed by atoms with van der Waals surface area (Å²) in [6, 6.07) is 3.26. The van der Waals surface area contributed by atoms with Gasteiger partial charge in [0, 0.05) is 19.3 Å². The van der Waals surface area contributed by atoms with Crippen molar-refractivity contribution in [3.05, 3.63) is 36.7 Å². The van der Waals surface area contributed by atoms with Crippen LogP contribution in [0.15, 0.2) is 31.0 Å². The first kappa shape index (κ1) is 14.1. The molecule has 0 saturated heterocycles. The highest BCUT2D eigenvalue weighted by Gasteiger charge is 2.13. The highest BCUT2D eigenvalue weighted by molar-refractivity contribution is 6.04. The van der Waals surface area contributed by atoms with Crippen LogP contribution < -0.4 is 5.32 Å². The van der Waals surface area contributed by atoms with Crippen LogP contribution in [0.2, 0.25) is 0 Å². The van der Waals surface area contributed by atoms with Gasteiger partial charge in [-0.1, -0.05) is 6.08 Å². The molecule has 0 radical (unpaired) electrons. The van der Waals surface area contributed by atoms with E-state index in [1.807, 2.05) is 0 Å². The van der Waals surface area contributed by atoms with Crippen molar-refractivity contribution in [2.75, 3.05) is 26.2 Å². The van der Waals surface area contributed by atoms with Gasteiger partial charge in [-0.15, -0.1) is 6.58 Å². The smallest absolute Gasteiger partial charge is 0.274 e. The van der Waals surface area contributed by atoms with E-state index >= 15 is 0 Å². The quantitative estimate of drug-likeness (QED) is 0.583. The predicted octanol–water partition coefficient (Wildman–Crippen LogP) is -0.249. The number of aromatic nitrogens is 1. The Kier molecular flexibility index (Phi) is 5.83. The molecular weight excluding hydrogens is 234 g/mol. The van der Waals surface area contributed by atoms with Crippen LogP contribution >= 0.6 is 0 Å². The Bertz CT molecular complexity index is 401. The first-order chi connectivity index (χ1) is 8.67. The van der Waals surface area contributed by atoms with Gasteiger partial charge in [0.2, 0.25) is 5.91 Å². The Balaban J connectivity index is 2.44. The second-order valence-corrected chi connectivity index (χ2v) is 3.71. The second-order valence-electron chi connectivity index (χ2n) is 3.71. The Morgan fingerprint density at radius 1 is 1.56 bits per heavy atom. The molecule has 1 rings (SSSR count). The molecule has 0 aromatic carbocycles. The molecule has 1 heterocycles. The van der Waals surface area contributed by atoms with E-state index in [0.717, 1.165) is 0 Å². The largest absolute Gasteiger partial charge is 0.395 e. The topological polar surface area (TPSA) is 85.4 Å². The minimum absolute atomic E-state index is 0.0407. The van der Waals surface area contributed by atoms with Crippen molar-refractivity contribution in [1.29, 1.82) is 0 Å². The summed E-state index contributed by atoms with van der Waals surface area (Å²) in [4.78, 5) is 27.6. The van der Waals surface area contributed by atoms with E-state index in [4.69, 9.17) is 5.11 Å². The van der Waals surface area contributed by atoms with Crippen LogP contribution in [0.25, 0.3) is 0 Å². The predicted molar refractivity (Wildman–Crippen MR) is 67.0 cm³/mol. The Morgan fingerprint density at radius 2 is 2.33 bits per heavy atom. The van der Waals surface area contributed by atoms with Gasteiger partial charge < -0.3 is 10.1 Å². The van der Waals surface area contributed by atoms with E-state index in [9.17, 15) is 9.59 Å². The number of carbonyl (C=O) groups excluding carboxylic acids is 2. The normalized spacial score (nSPS) is 10.3. The molecule has 0 unspecified atom stereocenters. The van der Waals surface area contributed by atoms with Crippen LogP contribution in [-0.2, 0) is 4.79 Å². The van der Waals surface area contributed by atoms with Crippen LogP contribution in [0.5, 0.6) is 0 Å². The molecule has 6 heteroatoms. The number of aliphatic hydroxyl groups is 1. The molecule has 2 amide bonds. The van der Waals surface area contributed by atoms with Gasteiger partial charge in [-0.05, 0) is 12.1 Å². The SMILES string of the molecule is C=CCN(CCO)CC(=O)NC(=O)c1ccc[nH]1. The summed E-state index contributed by atoms with van der Waals surface area (Å²) in [7, 11) is 0. The second kappa shape index (κ2) is 7.41. The van der Waals surface area contributed by atoms with Crippen LogP contribution in [-0.4, -0.2) is 53.0 Å². The summed E-state index contributed by atoms with van der Waals surface area (Å²) in [5.41, 5.74) is 0.334. The van der Waals surface area contributed by atoms with Gasteiger partial charge in [-0.25, -0.2) is 0 Å². The van der Waals surface area contributed by atoms with Gasteiger partial charge in [0.1, 0.15) is 5.69 Å². The summed E-state index contributed by atoms with van der Waals surface area (Å²) >= 11 is 0. The number of aromatic amines is 1. The average Bonchev–Trinajstić information content (AvgIpc) is 2.82. The van der Waals surface area contributed by atoms with E-state index < -0.39 is 11.8 Å². The zero-order valence-corrected chi connectivity index (χ0v) is 10.1. The van der Waals surface area contributed by atoms with Gasteiger partial charge in [-0.3, -0.25) is 19.8 Å². The van der Waals surface area contributed by atoms with Crippen molar-refractivity contribution >= 4 is 11.8 Å². The third-order valence-electron chi connectivity index (χ3n) is 2.27. The molecular formula is C12H17N3O3. The maximum absolute atomic E-state index is 11.6. The number of aliphatic hydroxyl groups excluding tert-OH is 1. The molecule has 0 spiro atoms. The number of nitrogens with one attached hydrogen (secondary N) is 2. The molecule has 98 valence electrons. The lowest BCUT2D eigenvalue weighted by Gasteiger charge is -2.18. The summed E-state index contributed by atoms with van der Waals surface area (Å²) in [6.07, 6.45) is 3.24. The lowest BCUT2D eigenvalue weighted by atomic mass is 10.4. The van der Waals surface area contributed by atoms with Crippen molar-refractivity contribution in [2.24, 2.45) is 0 Å². The maximum atomic E-state index is 11.6. The van der Waals surface area contributed by atoms with E-state index in [1.165, 1.54) is 0 Å². The van der Waals surface area contributed by atoms with E-state index in [1.54, 1.807) is 29.3 Å². The molecule has 0 atom stereocenters. The van der Waals surface area contributed by atoms with Crippen molar-refractivity contribution in [3.63, 3.8) is 0 Å². The van der Waals surface area contributed by atoms with E-state index in [0.29, 0.717) is 18.8 Å². The van der Waals surface area contributed by atoms with Gasteiger partial charge in [0.25, 0.3) is 5.91 Å². The molecule has 0 saturated carbocycles. The Morgan fingerprint density at radius 3 is 2.89 bits per heavy atom. The fourth-order valence-corrected chi connectivity index (χ4v) is 1.47. The zero-order valence-electron chi connectivity index (χ0n) is 10.1. The fourth-order valence-electron chi connectivity index (χ4n) is 1.47. The monoisotopic (exact) mass is 251 g/mol. The summed E-state index contributed by atoms with van der Waals surface area (Å²) < 4.78 is 0. The summed E-state index contributed by atoms with van der Waals surface area (Å²) in [5, 5.41) is 11.1. The molecule has 1 aromatic rings. The molecule has 0 fully saturated rings. The maximum Gasteiger partial charge on any atom is 0.274 e. The highest BCUT2D eigenvalue weighted by Crippen LogP contribution is 1.94. The third-order valence-corrected chi connectivity index (χ3v) is 2.27. The Labute approximate surface area is 105 Å². The van der Waals surface area contributed by atoms with Gasteiger partial charge in [0.05, 0.1) is 13.2 Å². The van der Waals surface area contributed by atoms with Crippen molar-refractivity contribution in [1.82, 2.24) is 15.2 Å². The number of imide groups is 1. The first-order valence-electron chi connectivity index (χ1n) is 5.59. The summed E-state index contributed by atoms with van der Waals surface area (Å²) in [6.45, 7) is 4.39. The molecule has 0 bridgehead atoms. The van der Waals surface area contributed by atoms with Crippen molar-refractivity contribution in [2.45, 2.75) is 0 Å². The number of H-pyrrole nitrogens is 1. The molecule has 0 aliphatic rings. The molecule has 6 nitrogen and oxygen atoms in total. The summed E-state index contributed by atoms with van der Waals surface area (Å²) in [5.74, 6) is -0.877. The first-order valence-corrected chi connectivity index (χ1v) is 5.59. The number of nitrogens with zero attached hydrogens (tertiary/aromatic N) is 1. The zero-order chi connectivity index (χ0) is 13.4. The van der Waals surface area contributed by atoms with Crippen LogP contribution in [0.3, 0.4) is 0 Å². The molecule has 18 heavy (non-hydrogen) atoms. The number of amides is 2. The van der Waals surface area contributed by atoms with Gasteiger partial charge in [0.15, 0.2) is 0 Å². The molecule has 0 aliphatic carbocycles. The van der Waals surface area contributed by atoms with E-state index in [2.05, 4.69) is 16.9 Å². The minimum atomic E-state index is -0.465. The average molecular weight is 251 g/mol. The lowest BCUT2D eigenvalue weighted by molar-refractivity contribution is -0.121. The lowest BCUT2D eigenvalue weighted by Crippen LogP contribution is -2.41. The molecule has 1 aromatic heterocycles.